The van der Waals surface area contributed by atoms with Crippen LogP contribution in [0, 0.1) is 5.92 Å². The van der Waals surface area contributed by atoms with Gasteiger partial charge >= 0.3 is 0 Å². The number of aryl methyl sites for hydroxylation is 1. The molecule has 1 atom stereocenters. The Kier molecular flexibility index (Phi) is 5.72. The topological polar surface area (TPSA) is 52.6 Å². The SMILES string of the molecule is CC1CCc2sc(C(=O)NCCCN3CCC(O)CC3)cc2C1. The number of amides is 1. The summed E-state index contributed by atoms with van der Waals surface area (Å²) in [4.78, 5) is 17.0. The Morgan fingerprint density at radius 3 is 2.96 bits per heavy atom. The van der Waals surface area contributed by atoms with Gasteiger partial charge in [-0.15, -0.1) is 11.3 Å². The van der Waals surface area contributed by atoms with E-state index in [1.807, 2.05) is 0 Å². The number of fused-ring (bicyclic) bond motifs is 1. The van der Waals surface area contributed by atoms with E-state index in [4.69, 9.17) is 0 Å². The van der Waals surface area contributed by atoms with Crippen LogP contribution in [0.1, 0.15) is 52.7 Å². The molecule has 1 aromatic heterocycles. The third-order valence-electron chi connectivity index (χ3n) is 5.05. The van der Waals surface area contributed by atoms with Gasteiger partial charge in [0, 0.05) is 24.5 Å². The van der Waals surface area contributed by atoms with Gasteiger partial charge in [0.2, 0.25) is 0 Å². The number of hydrogen-bond acceptors (Lipinski definition) is 4. The van der Waals surface area contributed by atoms with Crippen LogP contribution in [0.25, 0.3) is 0 Å². The van der Waals surface area contributed by atoms with Crippen molar-refractivity contribution in [2.24, 2.45) is 5.92 Å². The highest BCUT2D eigenvalue weighted by Crippen LogP contribution is 2.32. The molecule has 23 heavy (non-hydrogen) atoms. The highest BCUT2D eigenvalue weighted by Gasteiger charge is 2.20. The van der Waals surface area contributed by atoms with Crippen molar-refractivity contribution in [3.8, 4) is 0 Å². The monoisotopic (exact) mass is 336 g/mol. The lowest BCUT2D eigenvalue weighted by atomic mass is 9.90. The highest BCUT2D eigenvalue weighted by molar-refractivity contribution is 7.14. The second kappa shape index (κ2) is 7.77. The Hall–Kier alpha value is -0.910. The summed E-state index contributed by atoms with van der Waals surface area (Å²) in [6, 6.07) is 2.11. The van der Waals surface area contributed by atoms with Crippen LogP contribution in [0.3, 0.4) is 0 Å². The predicted molar refractivity (Wildman–Crippen MR) is 94.1 cm³/mol. The molecule has 3 rings (SSSR count). The molecule has 1 amide bonds. The normalized spacial score (nSPS) is 22.8. The average Bonchev–Trinajstić information content (AvgIpc) is 2.96. The fourth-order valence-electron chi connectivity index (χ4n) is 3.55. The van der Waals surface area contributed by atoms with E-state index >= 15 is 0 Å². The van der Waals surface area contributed by atoms with E-state index in [1.54, 1.807) is 11.3 Å². The molecule has 2 heterocycles. The predicted octanol–water partition coefficient (Wildman–Crippen LogP) is 2.45. The van der Waals surface area contributed by atoms with E-state index < -0.39 is 0 Å². The molecule has 1 unspecified atom stereocenters. The zero-order chi connectivity index (χ0) is 16.2. The number of hydrogen-bond donors (Lipinski definition) is 2. The van der Waals surface area contributed by atoms with Crippen molar-refractivity contribution in [1.29, 1.82) is 0 Å². The van der Waals surface area contributed by atoms with Crippen molar-refractivity contribution in [1.82, 2.24) is 10.2 Å². The van der Waals surface area contributed by atoms with E-state index in [2.05, 4.69) is 23.2 Å². The molecular formula is C18H28N2O2S. The smallest absolute Gasteiger partial charge is 0.261 e. The zero-order valence-electron chi connectivity index (χ0n) is 14.0. The van der Waals surface area contributed by atoms with Gasteiger partial charge in [0.25, 0.3) is 5.91 Å². The van der Waals surface area contributed by atoms with Gasteiger partial charge in [-0.3, -0.25) is 4.79 Å². The third-order valence-corrected chi connectivity index (χ3v) is 6.28. The molecule has 0 radical (unpaired) electrons. The fourth-order valence-corrected chi connectivity index (χ4v) is 4.68. The van der Waals surface area contributed by atoms with E-state index in [0.717, 1.165) is 69.1 Å². The molecule has 5 heteroatoms. The quantitative estimate of drug-likeness (QED) is 0.812. The van der Waals surface area contributed by atoms with Gasteiger partial charge in [0.15, 0.2) is 0 Å². The van der Waals surface area contributed by atoms with Crippen LogP contribution in [0.15, 0.2) is 6.07 Å². The second-order valence-electron chi connectivity index (χ2n) is 7.09. The first-order valence-corrected chi connectivity index (χ1v) is 9.73. The fraction of sp³-hybridized carbons (Fsp3) is 0.722. The molecule has 1 aromatic rings. The number of nitrogens with zero attached hydrogens (tertiary/aromatic N) is 1. The van der Waals surface area contributed by atoms with E-state index in [0.29, 0.717) is 0 Å². The Morgan fingerprint density at radius 2 is 2.17 bits per heavy atom. The van der Waals surface area contributed by atoms with E-state index in [1.165, 1.54) is 16.9 Å². The Labute approximate surface area is 142 Å². The number of nitrogens with one attached hydrogen (secondary N) is 1. The summed E-state index contributed by atoms with van der Waals surface area (Å²) >= 11 is 1.68. The molecule has 4 nitrogen and oxygen atoms in total. The van der Waals surface area contributed by atoms with Gasteiger partial charge in [-0.05, 0) is 62.6 Å². The molecular weight excluding hydrogens is 308 g/mol. The van der Waals surface area contributed by atoms with E-state index in [9.17, 15) is 9.90 Å². The number of piperidine rings is 1. The lowest BCUT2D eigenvalue weighted by molar-refractivity contribution is 0.0816. The first kappa shape index (κ1) is 16.9. The lowest BCUT2D eigenvalue weighted by Gasteiger charge is -2.29. The Bertz CT molecular complexity index is 535. The van der Waals surface area contributed by atoms with E-state index in [-0.39, 0.29) is 12.0 Å². The number of carbonyl (C=O) groups is 1. The van der Waals surface area contributed by atoms with Crippen LogP contribution < -0.4 is 5.32 Å². The molecule has 1 aliphatic heterocycles. The third kappa shape index (κ3) is 4.55. The van der Waals surface area contributed by atoms with Crippen molar-refractivity contribution in [3.63, 3.8) is 0 Å². The molecule has 0 saturated carbocycles. The van der Waals surface area contributed by atoms with Gasteiger partial charge in [-0.1, -0.05) is 6.92 Å². The number of aliphatic hydroxyl groups is 1. The number of carbonyl (C=O) groups excluding carboxylic acids is 1. The summed E-state index contributed by atoms with van der Waals surface area (Å²) in [6.45, 7) is 5.98. The minimum atomic E-state index is -0.112. The van der Waals surface area contributed by atoms with Crippen LogP contribution >= 0.6 is 11.3 Å². The molecule has 0 bridgehead atoms. The second-order valence-corrected chi connectivity index (χ2v) is 8.23. The van der Waals surface area contributed by atoms with Crippen LogP contribution in [0.2, 0.25) is 0 Å². The van der Waals surface area contributed by atoms with Gasteiger partial charge < -0.3 is 15.3 Å². The lowest BCUT2D eigenvalue weighted by Crippen LogP contribution is -2.37. The average molecular weight is 337 g/mol. The Balaban J connectivity index is 1.40. The summed E-state index contributed by atoms with van der Waals surface area (Å²) in [5.74, 6) is 0.835. The van der Waals surface area contributed by atoms with Crippen molar-refractivity contribution >= 4 is 17.2 Å². The summed E-state index contributed by atoms with van der Waals surface area (Å²) in [5.41, 5.74) is 1.39. The van der Waals surface area contributed by atoms with Crippen molar-refractivity contribution in [2.45, 2.75) is 51.6 Å². The molecule has 128 valence electrons. The molecule has 1 aliphatic carbocycles. The Morgan fingerprint density at radius 1 is 1.39 bits per heavy atom. The van der Waals surface area contributed by atoms with Gasteiger partial charge in [-0.25, -0.2) is 0 Å². The minimum absolute atomic E-state index is 0.0890. The maximum absolute atomic E-state index is 12.3. The molecule has 1 saturated heterocycles. The summed E-state index contributed by atoms with van der Waals surface area (Å²) in [5, 5.41) is 12.6. The highest BCUT2D eigenvalue weighted by atomic mass is 32.1. The number of thiophene rings is 1. The molecule has 2 aliphatic rings. The van der Waals surface area contributed by atoms with Gasteiger partial charge in [0.05, 0.1) is 11.0 Å². The first-order chi connectivity index (χ1) is 11.1. The molecule has 1 fully saturated rings. The van der Waals surface area contributed by atoms with Crippen molar-refractivity contribution < 1.29 is 9.90 Å². The van der Waals surface area contributed by atoms with Crippen LogP contribution in [0.5, 0.6) is 0 Å². The standard InChI is InChI=1S/C18H28N2O2S/c1-13-3-4-16-14(11-13)12-17(23-16)18(22)19-7-2-8-20-9-5-15(21)6-10-20/h12-13,15,21H,2-11H2,1H3,(H,19,22). The number of aliphatic hydroxyl groups excluding tert-OH is 1. The summed E-state index contributed by atoms with van der Waals surface area (Å²) in [6.07, 6.45) is 6.13. The van der Waals surface area contributed by atoms with Gasteiger partial charge in [0.1, 0.15) is 0 Å². The molecule has 0 aromatic carbocycles. The van der Waals surface area contributed by atoms with Crippen LogP contribution in [-0.4, -0.2) is 48.2 Å². The minimum Gasteiger partial charge on any atom is -0.393 e. The maximum atomic E-state index is 12.3. The first-order valence-electron chi connectivity index (χ1n) is 8.92. The van der Waals surface area contributed by atoms with Crippen LogP contribution in [-0.2, 0) is 12.8 Å². The van der Waals surface area contributed by atoms with Gasteiger partial charge in [-0.2, -0.15) is 0 Å². The van der Waals surface area contributed by atoms with Crippen molar-refractivity contribution in [2.75, 3.05) is 26.2 Å². The number of rotatable bonds is 5. The molecule has 2 N–H and O–H groups in total. The largest absolute Gasteiger partial charge is 0.393 e. The summed E-state index contributed by atoms with van der Waals surface area (Å²) < 4.78 is 0. The maximum Gasteiger partial charge on any atom is 0.261 e. The van der Waals surface area contributed by atoms with Crippen LogP contribution in [0.4, 0.5) is 0 Å². The number of likely N-dealkylation sites (tertiary alicyclic amines) is 1. The van der Waals surface area contributed by atoms with Crippen molar-refractivity contribution in [3.05, 3.63) is 21.4 Å². The molecule has 0 spiro atoms. The zero-order valence-corrected chi connectivity index (χ0v) is 14.8. The summed E-state index contributed by atoms with van der Waals surface area (Å²) in [7, 11) is 0.